The molecule has 0 aliphatic rings. The van der Waals surface area contributed by atoms with E-state index in [2.05, 4.69) is 0 Å². The second-order valence-electron chi connectivity index (χ2n) is 5.07. The summed E-state index contributed by atoms with van der Waals surface area (Å²) in [5.74, 6) is -0.298. The molecule has 0 bridgehead atoms. The average molecular weight is 336 g/mol. The highest BCUT2D eigenvalue weighted by Crippen LogP contribution is 2.16. The molecule has 122 valence electrons. The molecule has 5 heteroatoms. The van der Waals surface area contributed by atoms with Crippen molar-refractivity contribution >= 4 is 17.5 Å². The van der Waals surface area contributed by atoms with Gasteiger partial charge >= 0.3 is 0 Å². The molecule has 0 spiro atoms. The van der Waals surface area contributed by atoms with Gasteiger partial charge in [0, 0.05) is 18.1 Å². The Balaban J connectivity index is 1.86. The number of hydrogen-bond donors (Lipinski definition) is 0. The summed E-state index contributed by atoms with van der Waals surface area (Å²) >= 11 is 5.96. The number of para-hydroxylation sites is 1. The molecule has 0 fully saturated rings. The first-order chi connectivity index (χ1) is 11.1. The fourth-order valence-corrected chi connectivity index (χ4v) is 2.41. The topological polar surface area (TPSA) is 29.5 Å². The van der Waals surface area contributed by atoms with E-state index in [9.17, 15) is 9.18 Å². The number of ether oxygens (including phenoxy) is 1. The number of rotatable bonds is 7. The van der Waals surface area contributed by atoms with Crippen molar-refractivity contribution < 1.29 is 13.9 Å². The van der Waals surface area contributed by atoms with Crippen LogP contribution < -0.4 is 4.74 Å². The monoisotopic (exact) mass is 335 g/mol. The van der Waals surface area contributed by atoms with Gasteiger partial charge in [-0.05, 0) is 36.8 Å². The lowest BCUT2D eigenvalue weighted by Crippen LogP contribution is -2.31. The third-order valence-electron chi connectivity index (χ3n) is 3.41. The van der Waals surface area contributed by atoms with Gasteiger partial charge in [-0.15, -0.1) is 0 Å². The Kier molecular flexibility index (Phi) is 6.41. The molecule has 0 radical (unpaired) electrons. The molecule has 0 aliphatic carbocycles. The first kappa shape index (κ1) is 17.3. The second-order valence-corrected chi connectivity index (χ2v) is 5.50. The molecule has 0 heterocycles. The number of benzene rings is 2. The van der Waals surface area contributed by atoms with Crippen LogP contribution in [-0.4, -0.2) is 24.0 Å². The SMILES string of the molecule is CCN(Cc1cccc(Cl)c1)C(=O)CCOc1ccccc1F. The Morgan fingerprint density at radius 3 is 2.70 bits per heavy atom. The molecule has 1 amide bonds. The van der Waals surface area contributed by atoms with E-state index in [1.165, 1.54) is 6.07 Å². The van der Waals surface area contributed by atoms with Gasteiger partial charge < -0.3 is 9.64 Å². The largest absolute Gasteiger partial charge is 0.490 e. The van der Waals surface area contributed by atoms with E-state index >= 15 is 0 Å². The van der Waals surface area contributed by atoms with Gasteiger partial charge in [-0.3, -0.25) is 4.79 Å². The van der Waals surface area contributed by atoms with Crippen LogP contribution in [0.15, 0.2) is 48.5 Å². The number of carbonyl (C=O) groups is 1. The molecule has 0 aliphatic heterocycles. The zero-order valence-corrected chi connectivity index (χ0v) is 13.7. The minimum absolute atomic E-state index is 0.0381. The normalized spacial score (nSPS) is 10.4. The molecule has 3 nitrogen and oxygen atoms in total. The van der Waals surface area contributed by atoms with Crippen LogP contribution in [0.5, 0.6) is 5.75 Å². The van der Waals surface area contributed by atoms with E-state index in [4.69, 9.17) is 16.3 Å². The van der Waals surface area contributed by atoms with Crippen molar-refractivity contribution in [3.63, 3.8) is 0 Å². The lowest BCUT2D eigenvalue weighted by atomic mass is 10.2. The highest BCUT2D eigenvalue weighted by Gasteiger charge is 2.13. The van der Waals surface area contributed by atoms with Crippen molar-refractivity contribution in [2.45, 2.75) is 19.9 Å². The molecule has 2 rings (SSSR count). The Hall–Kier alpha value is -2.07. The van der Waals surface area contributed by atoms with Crippen LogP contribution >= 0.6 is 11.6 Å². The molecule has 2 aromatic rings. The van der Waals surface area contributed by atoms with E-state index in [-0.39, 0.29) is 24.7 Å². The quantitative estimate of drug-likeness (QED) is 0.755. The predicted molar refractivity (Wildman–Crippen MR) is 89.1 cm³/mol. The van der Waals surface area contributed by atoms with E-state index in [0.29, 0.717) is 18.1 Å². The van der Waals surface area contributed by atoms with Gasteiger partial charge in [0.2, 0.25) is 5.91 Å². The number of halogens is 2. The molecule has 0 saturated carbocycles. The van der Waals surface area contributed by atoms with Gasteiger partial charge in [-0.25, -0.2) is 4.39 Å². The molecule has 0 saturated heterocycles. The van der Waals surface area contributed by atoms with Crippen molar-refractivity contribution in [2.24, 2.45) is 0 Å². The Morgan fingerprint density at radius 1 is 1.22 bits per heavy atom. The number of carbonyl (C=O) groups excluding carboxylic acids is 1. The molecular formula is C18H19ClFNO2. The number of nitrogens with zero attached hydrogens (tertiary/aromatic N) is 1. The summed E-state index contributed by atoms with van der Waals surface area (Å²) in [6.45, 7) is 3.15. The summed E-state index contributed by atoms with van der Waals surface area (Å²) in [5, 5.41) is 0.647. The highest BCUT2D eigenvalue weighted by molar-refractivity contribution is 6.30. The maximum absolute atomic E-state index is 13.4. The summed E-state index contributed by atoms with van der Waals surface area (Å²) in [4.78, 5) is 14.0. The first-order valence-electron chi connectivity index (χ1n) is 7.49. The zero-order chi connectivity index (χ0) is 16.7. The van der Waals surface area contributed by atoms with Crippen molar-refractivity contribution in [1.29, 1.82) is 0 Å². The van der Waals surface area contributed by atoms with E-state index in [0.717, 1.165) is 5.56 Å². The maximum atomic E-state index is 13.4. The molecule has 0 N–H and O–H groups in total. The first-order valence-corrected chi connectivity index (χ1v) is 7.87. The molecule has 2 aromatic carbocycles. The maximum Gasteiger partial charge on any atom is 0.226 e. The number of amides is 1. The van der Waals surface area contributed by atoms with Crippen LogP contribution in [0, 0.1) is 5.82 Å². The molecule has 0 atom stereocenters. The Labute approximate surface area is 140 Å². The van der Waals surface area contributed by atoms with E-state index in [1.54, 1.807) is 29.2 Å². The highest BCUT2D eigenvalue weighted by atomic mass is 35.5. The van der Waals surface area contributed by atoms with Crippen LogP contribution in [0.1, 0.15) is 18.9 Å². The summed E-state index contributed by atoms with van der Waals surface area (Å²) in [7, 11) is 0. The lowest BCUT2D eigenvalue weighted by molar-refractivity contribution is -0.132. The van der Waals surface area contributed by atoms with Gasteiger partial charge in [-0.2, -0.15) is 0 Å². The molecule has 0 unspecified atom stereocenters. The summed E-state index contributed by atoms with van der Waals surface area (Å²) in [5.41, 5.74) is 0.975. The molecular weight excluding hydrogens is 317 g/mol. The zero-order valence-electron chi connectivity index (χ0n) is 13.0. The van der Waals surface area contributed by atoms with Crippen molar-refractivity contribution in [2.75, 3.05) is 13.2 Å². The molecule has 0 aromatic heterocycles. The third-order valence-corrected chi connectivity index (χ3v) is 3.64. The van der Waals surface area contributed by atoms with Crippen LogP contribution in [0.25, 0.3) is 0 Å². The fraction of sp³-hybridized carbons (Fsp3) is 0.278. The third kappa shape index (κ3) is 5.25. The van der Waals surface area contributed by atoms with E-state index < -0.39 is 5.82 Å². The second kappa shape index (κ2) is 8.53. The number of hydrogen-bond acceptors (Lipinski definition) is 2. The Bertz CT molecular complexity index is 663. The van der Waals surface area contributed by atoms with Crippen LogP contribution in [-0.2, 0) is 11.3 Å². The van der Waals surface area contributed by atoms with Crippen LogP contribution in [0.3, 0.4) is 0 Å². The van der Waals surface area contributed by atoms with Crippen molar-refractivity contribution in [1.82, 2.24) is 4.90 Å². The predicted octanol–water partition coefficient (Wildman–Crippen LogP) is 4.30. The van der Waals surface area contributed by atoms with Crippen molar-refractivity contribution in [3.05, 3.63) is 64.9 Å². The Morgan fingerprint density at radius 2 is 2.00 bits per heavy atom. The minimum atomic E-state index is -0.425. The van der Waals surface area contributed by atoms with Gasteiger partial charge in [0.25, 0.3) is 0 Å². The van der Waals surface area contributed by atoms with Gasteiger partial charge in [0.15, 0.2) is 11.6 Å². The van der Waals surface area contributed by atoms with Gasteiger partial charge in [-0.1, -0.05) is 35.9 Å². The lowest BCUT2D eigenvalue weighted by Gasteiger charge is -2.21. The van der Waals surface area contributed by atoms with Crippen LogP contribution in [0.2, 0.25) is 5.02 Å². The summed E-state index contributed by atoms with van der Waals surface area (Å²) in [6, 6.07) is 13.6. The van der Waals surface area contributed by atoms with Crippen molar-refractivity contribution in [3.8, 4) is 5.75 Å². The minimum Gasteiger partial charge on any atom is -0.490 e. The summed E-state index contributed by atoms with van der Waals surface area (Å²) < 4.78 is 18.8. The standard InChI is InChI=1S/C18H19ClFNO2/c1-2-21(13-14-6-5-7-15(19)12-14)18(22)10-11-23-17-9-4-3-8-16(17)20/h3-9,12H,2,10-11,13H2,1H3. The van der Waals surface area contributed by atoms with E-state index in [1.807, 2.05) is 25.1 Å². The summed E-state index contributed by atoms with van der Waals surface area (Å²) in [6.07, 6.45) is 0.197. The van der Waals surface area contributed by atoms with Gasteiger partial charge in [0.1, 0.15) is 0 Å². The fourth-order valence-electron chi connectivity index (χ4n) is 2.20. The smallest absolute Gasteiger partial charge is 0.226 e. The molecule has 23 heavy (non-hydrogen) atoms. The van der Waals surface area contributed by atoms with Gasteiger partial charge in [0.05, 0.1) is 13.0 Å². The average Bonchev–Trinajstić information content (AvgIpc) is 2.54. The van der Waals surface area contributed by atoms with Crippen LogP contribution in [0.4, 0.5) is 4.39 Å².